The van der Waals surface area contributed by atoms with E-state index in [9.17, 15) is 4.79 Å². The molecule has 21 heavy (non-hydrogen) atoms. The summed E-state index contributed by atoms with van der Waals surface area (Å²) in [5.74, 6) is 0.513. The number of halogens is 2. The van der Waals surface area contributed by atoms with E-state index in [2.05, 4.69) is 25.9 Å². The van der Waals surface area contributed by atoms with E-state index >= 15 is 0 Å². The molecule has 0 saturated carbocycles. The maximum absolute atomic E-state index is 12.1. The van der Waals surface area contributed by atoms with Crippen LogP contribution in [0.2, 0.25) is 5.02 Å². The second kappa shape index (κ2) is 5.84. The molecule has 0 aliphatic carbocycles. The van der Waals surface area contributed by atoms with Crippen molar-refractivity contribution in [2.24, 2.45) is 0 Å². The molecule has 5 heteroatoms. The first-order chi connectivity index (χ1) is 10.1. The van der Waals surface area contributed by atoms with Crippen LogP contribution in [-0.2, 0) is 0 Å². The van der Waals surface area contributed by atoms with Crippen molar-refractivity contribution < 1.29 is 0 Å². The van der Waals surface area contributed by atoms with Crippen LogP contribution in [0.4, 0.5) is 0 Å². The number of aromatic amines is 1. The van der Waals surface area contributed by atoms with Crippen LogP contribution >= 0.6 is 27.5 Å². The monoisotopic (exact) mass is 360 g/mol. The first kappa shape index (κ1) is 14.0. The van der Waals surface area contributed by atoms with E-state index in [1.807, 2.05) is 42.5 Å². The smallest absolute Gasteiger partial charge is 0.266 e. The molecule has 3 nitrogen and oxygen atoms in total. The Balaban J connectivity index is 2.19. The molecule has 1 aromatic heterocycles. The first-order valence-electron chi connectivity index (χ1n) is 6.26. The van der Waals surface area contributed by atoms with Gasteiger partial charge < -0.3 is 4.98 Å². The Hall–Kier alpha value is -1.91. The van der Waals surface area contributed by atoms with E-state index < -0.39 is 0 Å². The molecule has 0 fully saturated rings. The maximum atomic E-state index is 12.1. The minimum Gasteiger partial charge on any atom is -0.306 e. The average molecular weight is 362 g/mol. The normalized spacial score (nSPS) is 10.6. The predicted molar refractivity (Wildman–Crippen MR) is 88.4 cm³/mol. The topological polar surface area (TPSA) is 45.8 Å². The molecule has 0 aliphatic heterocycles. The van der Waals surface area contributed by atoms with Crippen LogP contribution in [0.5, 0.6) is 0 Å². The van der Waals surface area contributed by atoms with Gasteiger partial charge in [-0.1, -0.05) is 41.9 Å². The molecule has 0 amide bonds. The lowest BCUT2D eigenvalue weighted by molar-refractivity contribution is 1.11. The van der Waals surface area contributed by atoms with Gasteiger partial charge in [-0.15, -0.1) is 0 Å². The summed E-state index contributed by atoms with van der Waals surface area (Å²) in [6.07, 6.45) is 0. The molecule has 0 bridgehead atoms. The number of benzene rings is 2. The molecule has 0 aliphatic rings. The summed E-state index contributed by atoms with van der Waals surface area (Å²) in [6, 6.07) is 16.7. The van der Waals surface area contributed by atoms with Gasteiger partial charge in [-0.3, -0.25) is 4.79 Å². The minimum absolute atomic E-state index is 0.214. The highest BCUT2D eigenvalue weighted by Crippen LogP contribution is 2.26. The number of hydrogen-bond acceptors (Lipinski definition) is 2. The van der Waals surface area contributed by atoms with Crippen molar-refractivity contribution in [2.75, 3.05) is 0 Å². The molecule has 0 radical (unpaired) electrons. The summed E-state index contributed by atoms with van der Waals surface area (Å²) < 4.78 is 0.423. The van der Waals surface area contributed by atoms with E-state index in [-0.39, 0.29) is 5.56 Å². The van der Waals surface area contributed by atoms with E-state index in [4.69, 9.17) is 11.6 Å². The zero-order valence-corrected chi connectivity index (χ0v) is 13.1. The van der Waals surface area contributed by atoms with Crippen molar-refractivity contribution >= 4 is 27.5 Å². The quantitative estimate of drug-likeness (QED) is 0.729. The van der Waals surface area contributed by atoms with E-state index in [1.54, 1.807) is 12.1 Å². The fourth-order valence-corrected chi connectivity index (χ4v) is 2.53. The second-order valence-electron chi connectivity index (χ2n) is 4.45. The highest BCUT2D eigenvalue weighted by atomic mass is 79.9. The predicted octanol–water partition coefficient (Wildman–Crippen LogP) is 4.52. The van der Waals surface area contributed by atoms with Gasteiger partial charge in [0.05, 0.1) is 5.69 Å². The first-order valence-corrected chi connectivity index (χ1v) is 7.43. The standard InChI is InChI=1S/C16H10BrClN2O/c17-13-14(10-4-2-1-3-5-10)19-15(20-16(13)21)11-6-8-12(18)9-7-11/h1-9H,(H,19,20,21). The van der Waals surface area contributed by atoms with Crippen LogP contribution in [0.25, 0.3) is 22.6 Å². The van der Waals surface area contributed by atoms with Crippen LogP contribution in [0.3, 0.4) is 0 Å². The van der Waals surface area contributed by atoms with Crippen LogP contribution in [-0.4, -0.2) is 9.97 Å². The van der Waals surface area contributed by atoms with Crippen molar-refractivity contribution in [3.05, 3.63) is 74.4 Å². The summed E-state index contributed by atoms with van der Waals surface area (Å²) in [6.45, 7) is 0. The summed E-state index contributed by atoms with van der Waals surface area (Å²) in [7, 11) is 0. The van der Waals surface area contributed by atoms with Crippen molar-refractivity contribution in [3.63, 3.8) is 0 Å². The van der Waals surface area contributed by atoms with Crippen LogP contribution in [0, 0.1) is 0 Å². The Morgan fingerprint density at radius 2 is 1.62 bits per heavy atom. The van der Waals surface area contributed by atoms with Crippen molar-refractivity contribution in [3.8, 4) is 22.6 Å². The molecule has 0 spiro atoms. The van der Waals surface area contributed by atoms with Crippen molar-refractivity contribution in [1.82, 2.24) is 9.97 Å². The number of nitrogens with zero attached hydrogens (tertiary/aromatic N) is 1. The second-order valence-corrected chi connectivity index (χ2v) is 5.68. The molecule has 3 aromatic rings. The largest absolute Gasteiger partial charge is 0.306 e. The number of hydrogen-bond donors (Lipinski definition) is 1. The SMILES string of the molecule is O=c1[nH]c(-c2ccc(Cl)cc2)nc(-c2ccccc2)c1Br. The Kier molecular flexibility index (Phi) is 3.90. The summed E-state index contributed by atoms with van der Waals surface area (Å²) in [4.78, 5) is 19.4. The van der Waals surface area contributed by atoms with Gasteiger partial charge in [-0.2, -0.15) is 0 Å². The van der Waals surface area contributed by atoms with Gasteiger partial charge in [-0.25, -0.2) is 4.98 Å². The zero-order chi connectivity index (χ0) is 14.8. The third-order valence-electron chi connectivity index (χ3n) is 3.03. The van der Waals surface area contributed by atoms with Crippen molar-refractivity contribution in [1.29, 1.82) is 0 Å². The lowest BCUT2D eigenvalue weighted by atomic mass is 10.1. The Morgan fingerprint density at radius 3 is 2.29 bits per heavy atom. The maximum Gasteiger partial charge on any atom is 0.266 e. The minimum atomic E-state index is -0.214. The highest BCUT2D eigenvalue weighted by Gasteiger charge is 2.12. The lowest BCUT2D eigenvalue weighted by Crippen LogP contribution is -2.11. The number of rotatable bonds is 2. The van der Waals surface area contributed by atoms with Gasteiger partial charge in [0.2, 0.25) is 0 Å². The fourth-order valence-electron chi connectivity index (χ4n) is 1.99. The molecule has 2 aromatic carbocycles. The molecule has 0 unspecified atom stereocenters. The van der Waals surface area contributed by atoms with Gasteiger partial charge >= 0.3 is 0 Å². The molecular formula is C16H10BrClN2O. The van der Waals surface area contributed by atoms with Gasteiger partial charge in [0, 0.05) is 16.1 Å². The number of nitrogens with one attached hydrogen (secondary N) is 1. The summed E-state index contributed by atoms with van der Waals surface area (Å²) in [5, 5.41) is 0.640. The van der Waals surface area contributed by atoms with Gasteiger partial charge in [-0.05, 0) is 40.2 Å². The Labute approximate surface area is 134 Å². The molecule has 104 valence electrons. The molecule has 3 rings (SSSR count). The van der Waals surface area contributed by atoms with Gasteiger partial charge in [0.1, 0.15) is 10.3 Å². The fraction of sp³-hybridized carbons (Fsp3) is 0. The number of aromatic nitrogens is 2. The molecular weight excluding hydrogens is 352 g/mol. The summed E-state index contributed by atoms with van der Waals surface area (Å²) >= 11 is 9.19. The average Bonchev–Trinajstić information content (AvgIpc) is 2.51. The van der Waals surface area contributed by atoms with E-state index in [0.717, 1.165) is 11.1 Å². The highest BCUT2D eigenvalue weighted by molar-refractivity contribution is 9.10. The molecule has 0 saturated heterocycles. The Bertz CT molecular complexity index is 829. The van der Waals surface area contributed by atoms with E-state index in [1.165, 1.54) is 0 Å². The van der Waals surface area contributed by atoms with Crippen LogP contribution in [0.15, 0.2) is 63.9 Å². The number of H-pyrrole nitrogens is 1. The summed E-state index contributed by atoms with van der Waals surface area (Å²) in [5.41, 5.74) is 2.09. The van der Waals surface area contributed by atoms with Crippen LogP contribution < -0.4 is 5.56 Å². The Morgan fingerprint density at radius 1 is 0.952 bits per heavy atom. The molecule has 0 atom stereocenters. The molecule has 1 N–H and O–H groups in total. The van der Waals surface area contributed by atoms with Gasteiger partial charge in [0.15, 0.2) is 0 Å². The van der Waals surface area contributed by atoms with Crippen molar-refractivity contribution in [2.45, 2.75) is 0 Å². The zero-order valence-electron chi connectivity index (χ0n) is 10.8. The lowest BCUT2D eigenvalue weighted by Gasteiger charge is -2.07. The van der Waals surface area contributed by atoms with Crippen LogP contribution in [0.1, 0.15) is 0 Å². The van der Waals surface area contributed by atoms with E-state index in [0.29, 0.717) is 21.0 Å². The third-order valence-corrected chi connectivity index (χ3v) is 4.02. The third kappa shape index (κ3) is 2.91. The molecule has 1 heterocycles. The van der Waals surface area contributed by atoms with Gasteiger partial charge in [0.25, 0.3) is 5.56 Å².